The molecule has 0 spiro atoms. The fraction of sp³-hybridized carbons (Fsp3) is 0.400. The van der Waals surface area contributed by atoms with E-state index in [-0.39, 0.29) is 5.56 Å². The minimum Gasteiger partial charge on any atom is -0.494 e. The molecule has 1 aromatic carbocycles. The normalized spacial score (nSPS) is 11.1. The molecule has 25 heavy (non-hydrogen) atoms. The molecule has 0 N–H and O–H groups in total. The van der Waals surface area contributed by atoms with Crippen LogP contribution in [0.2, 0.25) is 0 Å². The summed E-state index contributed by atoms with van der Waals surface area (Å²) in [6.45, 7) is 5.70. The van der Waals surface area contributed by atoms with Gasteiger partial charge in [0.1, 0.15) is 10.6 Å². The Labute approximate surface area is 152 Å². The van der Waals surface area contributed by atoms with Crippen LogP contribution in [0.4, 0.5) is 0 Å². The Morgan fingerprint density at radius 1 is 1.12 bits per heavy atom. The summed E-state index contributed by atoms with van der Waals surface area (Å²) in [6.07, 6.45) is 5.94. The van der Waals surface area contributed by atoms with Crippen LogP contribution in [0, 0.1) is 0 Å². The van der Waals surface area contributed by atoms with Crippen LogP contribution in [0.3, 0.4) is 0 Å². The molecule has 0 aliphatic carbocycles. The van der Waals surface area contributed by atoms with E-state index in [1.165, 1.54) is 11.3 Å². The summed E-state index contributed by atoms with van der Waals surface area (Å²) >= 11 is 1.52. The van der Waals surface area contributed by atoms with Crippen LogP contribution in [0.5, 0.6) is 5.75 Å². The maximum absolute atomic E-state index is 12.9. The molecule has 132 valence electrons. The summed E-state index contributed by atoms with van der Waals surface area (Å²) in [5, 5.41) is 2.75. The van der Waals surface area contributed by atoms with Crippen molar-refractivity contribution in [3.63, 3.8) is 0 Å². The van der Waals surface area contributed by atoms with E-state index in [9.17, 15) is 4.79 Å². The van der Waals surface area contributed by atoms with Gasteiger partial charge in [-0.3, -0.25) is 9.36 Å². The molecule has 2 heterocycles. The van der Waals surface area contributed by atoms with Gasteiger partial charge in [-0.15, -0.1) is 11.3 Å². The van der Waals surface area contributed by atoms with Gasteiger partial charge in [-0.25, -0.2) is 4.98 Å². The van der Waals surface area contributed by atoms with E-state index in [0.29, 0.717) is 6.61 Å². The molecule has 0 saturated carbocycles. The van der Waals surface area contributed by atoms with Crippen LogP contribution in [-0.2, 0) is 6.54 Å². The Bertz CT molecular complexity index is 881. The second kappa shape index (κ2) is 8.30. The molecule has 0 aliphatic rings. The lowest BCUT2D eigenvalue weighted by molar-refractivity contribution is 0.317. The monoisotopic (exact) mass is 356 g/mol. The first kappa shape index (κ1) is 17.7. The van der Waals surface area contributed by atoms with Crippen molar-refractivity contribution in [3.05, 3.63) is 46.3 Å². The summed E-state index contributed by atoms with van der Waals surface area (Å²) in [5.74, 6) is 0.861. The Hall–Kier alpha value is -2.14. The first-order valence-corrected chi connectivity index (χ1v) is 9.82. The average molecular weight is 356 g/mol. The molecule has 2 aromatic heterocycles. The van der Waals surface area contributed by atoms with Crippen molar-refractivity contribution >= 4 is 21.6 Å². The van der Waals surface area contributed by atoms with Crippen molar-refractivity contribution in [1.82, 2.24) is 9.55 Å². The third-order valence-corrected chi connectivity index (χ3v) is 5.09. The molecule has 0 fully saturated rings. The number of hydrogen-bond acceptors (Lipinski definition) is 4. The highest BCUT2D eigenvalue weighted by molar-refractivity contribution is 7.17. The van der Waals surface area contributed by atoms with Gasteiger partial charge in [0.05, 0.1) is 18.3 Å². The van der Waals surface area contributed by atoms with Gasteiger partial charge in [-0.2, -0.15) is 0 Å². The summed E-state index contributed by atoms with van der Waals surface area (Å²) < 4.78 is 7.38. The predicted octanol–water partition coefficient (Wildman–Crippen LogP) is 5.10. The molecule has 0 amide bonds. The number of rotatable bonds is 8. The molecule has 0 aliphatic heterocycles. The molecule has 5 heteroatoms. The van der Waals surface area contributed by atoms with Crippen molar-refractivity contribution in [1.29, 1.82) is 0 Å². The minimum atomic E-state index is 0.0589. The van der Waals surface area contributed by atoms with Crippen LogP contribution >= 0.6 is 11.3 Å². The van der Waals surface area contributed by atoms with E-state index in [4.69, 9.17) is 4.74 Å². The zero-order chi connectivity index (χ0) is 17.6. The number of thiophene rings is 1. The summed E-state index contributed by atoms with van der Waals surface area (Å²) in [7, 11) is 0. The van der Waals surface area contributed by atoms with Crippen LogP contribution in [0.1, 0.15) is 39.5 Å². The van der Waals surface area contributed by atoms with Gasteiger partial charge >= 0.3 is 0 Å². The smallest absolute Gasteiger partial charge is 0.262 e. The van der Waals surface area contributed by atoms with E-state index in [2.05, 4.69) is 18.8 Å². The number of benzene rings is 1. The molecule has 3 rings (SSSR count). The van der Waals surface area contributed by atoms with Gasteiger partial charge < -0.3 is 4.74 Å². The van der Waals surface area contributed by atoms with Crippen LogP contribution < -0.4 is 10.3 Å². The van der Waals surface area contributed by atoms with E-state index in [1.54, 1.807) is 10.9 Å². The summed E-state index contributed by atoms with van der Waals surface area (Å²) in [4.78, 5) is 18.2. The highest BCUT2D eigenvalue weighted by Crippen LogP contribution is 2.31. The van der Waals surface area contributed by atoms with Crippen LogP contribution in [-0.4, -0.2) is 16.2 Å². The number of fused-ring (bicyclic) bond motifs is 1. The SMILES string of the molecule is CCCCCn1cnc2scc(-c3ccc(OCCC)cc3)c2c1=O. The van der Waals surface area contributed by atoms with Crippen molar-refractivity contribution in [3.8, 4) is 16.9 Å². The molecule has 0 unspecified atom stereocenters. The van der Waals surface area contributed by atoms with Gasteiger partial charge in [-0.1, -0.05) is 38.8 Å². The predicted molar refractivity (Wildman–Crippen MR) is 105 cm³/mol. The highest BCUT2D eigenvalue weighted by atomic mass is 32.1. The molecule has 4 nitrogen and oxygen atoms in total. The second-order valence-electron chi connectivity index (χ2n) is 6.15. The maximum atomic E-state index is 12.9. The van der Waals surface area contributed by atoms with Crippen molar-refractivity contribution in [2.45, 2.75) is 46.1 Å². The topological polar surface area (TPSA) is 44.1 Å². The average Bonchev–Trinajstić information content (AvgIpc) is 3.07. The Morgan fingerprint density at radius 2 is 1.92 bits per heavy atom. The third kappa shape index (κ3) is 3.93. The lowest BCUT2D eigenvalue weighted by atomic mass is 10.1. The second-order valence-corrected chi connectivity index (χ2v) is 7.01. The zero-order valence-electron chi connectivity index (χ0n) is 14.8. The zero-order valence-corrected chi connectivity index (χ0v) is 15.6. The number of unbranched alkanes of at least 4 members (excludes halogenated alkanes) is 2. The fourth-order valence-corrected chi connectivity index (χ4v) is 3.73. The lowest BCUT2D eigenvalue weighted by Crippen LogP contribution is -2.20. The van der Waals surface area contributed by atoms with Crippen molar-refractivity contribution in [2.75, 3.05) is 6.61 Å². The Balaban J connectivity index is 1.93. The standard InChI is InChI=1S/C20H24N2O2S/c1-3-5-6-11-22-14-21-19-18(20(22)23)17(13-25-19)15-7-9-16(10-8-15)24-12-4-2/h7-10,13-14H,3-6,11-12H2,1-2H3. The first-order valence-electron chi connectivity index (χ1n) is 8.94. The third-order valence-electron chi connectivity index (χ3n) is 4.20. The minimum absolute atomic E-state index is 0.0589. The number of nitrogens with zero attached hydrogens (tertiary/aromatic N) is 2. The van der Waals surface area contributed by atoms with Gasteiger partial charge in [0.15, 0.2) is 0 Å². The number of hydrogen-bond donors (Lipinski definition) is 0. The Kier molecular flexibility index (Phi) is 5.87. The highest BCUT2D eigenvalue weighted by Gasteiger charge is 2.13. The first-order chi connectivity index (χ1) is 12.2. The van der Waals surface area contributed by atoms with Crippen molar-refractivity contribution in [2.24, 2.45) is 0 Å². The van der Waals surface area contributed by atoms with E-state index >= 15 is 0 Å². The van der Waals surface area contributed by atoms with Gasteiger partial charge in [-0.05, 0) is 30.5 Å². The van der Waals surface area contributed by atoms with Gasteiger partial charge in [0.25, 0.3) is 5.56 Å². The molecule has 0 atom stereocenters. The fourth-order valence-electron chi connectivity index (χ4n) is 2.82. The lowest BCUT2D eigenvalue weighted by Gasteiger charge is -2.07. The molecule has 0 radical (unpaired) electrons. The number of aromatic nitrogens is 2. The quantitative estimate of drug-likeness (QED) is 0.527. The van der Waals surface area contributed by atoms with Gasteiger partial charge in [0.2, 0.25) is 0 Å². The molecular formula is C20H24N2O2S. The molecule has 0 saturated heterocycles. The van der Waals surface area contributed by atoms with E-state index in [1.807, 2.05) is 29.6 Å². The molecule has 0 bridgehead atoms. The largest absolute Gasteiger partial charge is 0.494 e. The summed E-state index contributed by atoms with van der Waals surface area (Å²) in [5.41, 5.74) is 2.05. The number of ether oxygens (including phenoxy) is 1. The maximum Gasteiger partial charge on any atom is 0.262 e. The van der Waals surface area contributed by atoms with E-state index in [0.717, 1.165) is 59.3 Å². The van der Waals surface area contributed by atoms with E-state index < -0.39 is 0 Å². The Morgan fingerprint density at radius 3 is 2.64 bits per heavy atom. The molecule has 3 aromatic rings. The summed E-state index contributed by atoms with van der Waals surface area (Å²) in [6, 6.07) is 7.95. The molecular weight excluding hydrogens is 332 g/mol. The van der Waals surface area contributed by atoms with Crippen LogP contribution in [0.25, 0.3) is 21.3 Å². The van der Waals surface area contributed by atoms with Crippen molar-refractivity contribution < 1.29 is 4.74 Å². The van der Waals surface area contributed by atoms with Gasteiger partial charge in [0, 0.05) is 17.5 Å². The van der Waals surface area contributed by atoms with Crippen LogP contribution in [0.15, 0.2) is 40.8 Å². The number of aryl methyl sites for hydroxylation is 1.